The molecule has 2 nitrogen and oxygen atoms in total. The minimum atomic E-state index is -1.44. The molecule has 20 heavy (non-hydrogen) atoms. The van der Waals surface area contributed by atoms with Gasteiger partial charge >= 0.3 is 0 Å². The van der Waals surface area contributed by atoms with Crippen LogP contribution in [0.4, 0.5) is 10.1 Å². The SMILES string of the molecule is CCc1ccc(N2CC3(CC3)CC(Cl)(Cl)C2=O)c(F)c1. The highest BCUT2D eigenvalue weighted by atomic mass is 35.5. The summed E-state index contributed by atoms with van der Waals surface area (Å²) in [4.78, 5) is 13.8. The maximum absolute atomic E-state index is 14.2. The summed E-state index contributed by atoms with van der Waals surface area (Å²) >= 11 is 12.3. The number of hydrogen-bond acceptors (Lipinski definition) is 1. The van der Waals surface area contributed by atoms with E-state index in [2.05, 4.69) is 0 Å². The molecule has 1 aromatic rings. The molecule has 0 bridgehead atoms. The van der Waals surface area contributed by atoms with Gasteiger partial charge in [-0.3, -0.25) is 4.79 Å². The fourth-order valence-corrected chi connectivity index (χ4v) is 3.67. The lowest BCUT2D eigenvalue weighted by atomic mass is 9.93. The average Bonchev–Trinajstić information content (AvgIpc) is 3.13. The fraction of sp³-hybridized carbons (Fsp3) is 0.533. The van der Waals surface area contributed by atoms with Crippen molar-refractivity contribution in [2.45, 2.75) is 36.9 Å². The van der Waals surface area contributed by atoms with Crippen LogP contribution in [0.5, 0.6) is 0 Å². The molecule has 1 heterocycles. The number of anilines is 1. The molecule has 1 aromatic carbocycles. The predicted octanol–water partition coefficient (Wildman–Crippen LogP) is 4.08. The van der Waals surface area contributed by atoms with Crippen LogP contribution in [-0.4, -0.2) is 16.8 Å². The number of benzene rings is 1. The van der Waals surface area contributed by atoms with E-state index >= 15 is 0 Å². The first-order chi connectivity index (χ1) is 9.37. The van der Waals surface area contributed by atoms with E-state index in [-0.39, 0.29) is 16.9 Å². The topological polar surface area (TPSA) is 20.3 Å². The van der Waals surface area contributed by atoms with Gasteiger partial charge in [-0.05, 0) is 48.8 Å². The Kier molecular flexibility index (Phi) is 3.26. The third-order valence-corrected chi connectivity index (χ3v) is 4.91. The Morgan fingerprint density at radius 1 is 1.35 bits per heavy atom. The summed E-state index contributed by atoms with van der Waals surface area (Å²) in [6, 6.07) is 4.96. The number of carbonyl (C=O) groups is 1. The third-order valence-electron chi connectivity index (χ3n) is 4.32. The number of nitrogens with zero attached hydrogens (tertiary/aromatic N) is 1. The van der Waals surface area contributed by atoms with Gasteiger partial charge in [0, 0.05) is 6.54 Å². The lowest BCUT2D eigenvalue weighted by Gasteiger charge is -2.39. The highest BCUT2D eigenvalue weighted by Gasteiger charge is 2.57. The molecule has 1 aliphatic heterocycles. The Bertz CT molecular complexity index is 569. The maximum Gasteiger partial charge on any atom is 0.263 e. The zero-order valence-electron chi connectivity index (χ0n) is 11.3. The van der Waals surface area contributed by atoms with Gasteiger partial charge in [-0.25, -0.2) is 4.39 Å². The van der Waals surface area contributed by atoms with Crippen LogP contribution in [0.25, 0.3) is 0 Å². The largest absolute Gasteiger partial charge is 0.306 e. The van der Waals surface area contributed by atoms with E-state index < -0.39 is 10.2 Å². The summed E-state index contributed by atoms with van der Waals surface area (Å²) in [5, 5.41) is 0. The number of alkyl halides is 2. The Morgan fingerprint density at radius 3 is 2.60 bits per heavy atom. The lowest BCUT2D eigenvalue weighted by Crippen LogP contribution is -2.52. The van der Waals surface area contributed by atoms with E-state index in [4.69, 9.17) is 23.2 Å². The second-order valence-electron chi connectivity index (χ2n) is 5.91. The first-order valence-electron chi connectivity index (χ1n) is 6.85. The van der Waals surface area contributed by atoms with Crippen LogP contribution in [0.2, 0.25) is 0 Å². The van der Waals surface area contributed by atoms with Crippen LogP contribution in [-0.2, 0) is 11.2 Å². The lowest BCUT2D eigenvalue weighted by molar-refractivity contribution is -0.121. The van der Waals surface area contributed by atoms with Crippen molar-refractivity contribution in [3.63, 3.8) is 0 Å². The van der Waals surface area contributed by atoms with Crippen LogP contribution in [0.15, 0.2) is 18.2 Å². The van der Waals surface area contributed by atoms with Crippen molar-refractivity contribution in [3.05, 3.63) is 29.6 Å². The molecule has 0 radical (unpaired) electrons. The first-order valence-corrected chi connectivity index (χ1v) is 7.61. The van der Waals surface area contributed by atoms with Crippen LogP contribution in [0.1, 0.15) is 31.7 Å². The van der Waals surface area contributed by atoms with Crippen LogP contribution in [0.3, 0.4) is 0 Å². The quantitative estimate of drug-likeness (QED) is 0.753. The summed E-state index contributed by atoms with van der Waals surface area (Å²) < 4.78 is 12.8. The number of halogens is 3. The van der Waals surface area contributed by atoms with Gasteiger partial charge in [0.15, 0.2) is 4.33 Å². The second-order valence-corrected chi connectivity index (χ2v) is 7.40. The molecule has 1 saturated heterocycles. The molecule has 3 rings (SSSR count). The molecule has 108 valence electrons. The molecule has 0 unspecified atom stereocenters. The van der Waals surface area contributed by atoms with E-state index in [0.717, 1.165) is 24.8 Å². The minimum absolute atomic E-state index is 0.0206. The van der Waals surface area contributed by atoms with E-state index in [1.807, 2.05) is 13.0 Å². The number of rotatable bonds is 2. The van der Waals surface area contributed by atoms with Crippen molar-refractivity contribution < 1.29 is 9.18 Å². The monoisotopic (exact) mass is 315 g/mol. The molecule has 2 fully saturated rings. The summed E-state index contributed by atoms with van der Waals surface area (Å²) in [5.41, 5.74) is 1.16. The number of carbonyl (C=O) groups excluding carboxylic acids is 1. The predicted molar refractivity (Wildman–Crippen MR) is 78.9 cm³/mol. The van der Waals surface area contributed by atoms with Crippen LogP contribution >= 0.6 is 23.2 Å². The molecule has 5 heteroatoms. The van der Waals surface area contributed by atoms with Gasteiger partial charge in [-0.1, -0.05) is 36.2 Å². The van der Waals surface area contributed by atoms with Gasteiger partial charge < -0.3 is 4.90 Å². The van der Waals surface area contributed by atoms with E-state index in [9.17, 15) is 9.18 Å². The molecule has 0 aromatic heterocycles. The Balaban J connectivity index is 1.98. The zero-order valence-corrected chi connectivity index (χ0v) is 12.8. The van der Waals surface area contributed by atoms with Crippen LogP contribution < -0.4 is 4.90 Å². The van der Waals surface area contributed by atoms with Crippen molar-refractivity contribution >= 4 is 34.8 Å². The Labute approximate surface area is 127 Å². The van der Waals surface area contributed by atoms with E-state index in [1.165, 1.54) is 11.0 Å². The summed E-state index contributed by atoms with van der Waals surface area (Å²) in [6.07, 6.45) is 3.20. The molecular formula is C15H16Cl2FNO. The normalized spacial score (nSPS) is 23.2. The van der Waals surface area contributed by atoms with Gasteiger partial charge in [-0.2, -0.15) is 0 Å². The van der Waals surface area contributed by atoms with Gasteiger partial charge in [0.25, 0.3) is 5.91 Å². The fourth-order valence-electron chi connectivity index (χ4n) is 2.90. The molecule has 1 aliphatic carbocycles. The molecular weight excluding hydrogens is 300 g/mol. The summed E-state index contributed by atoms with van der Waals surface area (Å²) in [6.45, 7) is 2.47. The molecule has 1 saturated carbocycles. The first kappa shape index (κ1) is 14.2. The highest BCUT2D eigenvalue weighted by molar-refractivity contribution is 6.59. The maximum atomic E-state index is 14.2. The van der Waals surface area contributed by atoms with Crippen LogP contribution in [0, 0.1) is 11.2 Å². The van der Waals surface area contributed by atoms with Crippen molar-refractivity contribution in [1.82, 2.24) is 0 Å². The van der Waals surface area contributed by atoms with Crippen molar-refractivity contribution in [1.29, 1.82) is 0 Å². The van der Waals surface area contributed by atoms with Gasteiger partial charge in [-0.15, -0.1) is 0 Å². The van der Waals surface area contributed by atoms with Crippen molar-refractivity contribution in [2.75, 3.05) is 11.4 Å². The van der Waals surface area contributed by atoms with Gasteiger partial charge in [0.1, 0.15) is 5.82 Å². The number of hydrogen-bond donors (Lipinski definition) is 0. The van der Waals surface area contributed by atoms with Crippen molar-refractivity contribution in [3.8, 4) is 0 Å². The van der Waals surface area contributed by atoms with E-state index in [0.29, 0.717) is 13.0 Å². The third kappa shape index (κ3) is 2.31. The Morgan fingerprint density at radius 2 is 2.05 bits per heavy atom. The minimum Gasteiger partial charge on any atom is -0.306 e. The van der Waals surface area contributed by atoms with E-state index in [1.54, 1.807) is 6.07 Å². The van der Waals surface area contributed by atoms with Gasteiger partial charge in [0.05, 0.1) is 5.69 Å². The number of amides is 1. The number of aryl methyl sites for hydroxylation is 1. The Hall–Kier alpha value is -0.800. The average molecular weight is 316 g/mol. The zero-order chi connectivity index (χ0) is 14.5. The summed E-state index contributed by atoms with van der Waals surface area (Å²) in [5.74, 6) is -0.805. The molecule has 0 N–H and O–H groups in total. The smallest absolute Gasteiger partial charge is 0.263 e. The second kappa shape index (κ2) is 4.60. The van der Waals surface area contributed by atoms with Gasteiger partial charge in [0.2, 0.25) is 0 Å². The van der Waals surface area contributed by atoms with Crippen molar-refractivity contribution in [2.24, 2.45) is 5.41 Å². The summed E-state index contributed by atoms with van der Waals surface area (Å²) in [7, 11) is 0. The number of piperidine rings is 1. The molecule has 0 atom stereocenters. The highest BCUT2D eigenvalue weighted by Crippen LogP contribution is 2.57. The molecule has 2 aliphatic rings. The molecule has 1 amide bonds. The standard InChI is InChI=1S/C15H16Cl2FNO/c1-2-10-3-4-12(11(18)7-10)19-9-14(5-6-14)8-15(16,17)13(19)20/h3-4,7H,2,5-6,8-9H2,1H3. The molecule has 1 spiro atoms.